The zero-order valence-corrected chi connectivity index (χ0v) is 18.6. The standard InChI is InChI=1S/C30H31NO/c1-30(32,28-20-12-5-13-21-28)29(22-25-14-6-2-7-15-25)31(23-26-16-8-3-9-17-26)24-27-18-10-4-11-19-27/h2-21,29,32H,22-24H2,1H3/t29-,30+/m0/s1. The lowest BCUT2D eigenvalue weighted by molar-refractivity contribution is -0.0457. The number of hydrogen-bond acceptors (Lipinski definition) is 2. The van der Waals surface area contributed by atoms with Crippen molar-refractivity contribution in [1.29, 1.82) is 0 Å². The lowest BCUT2D eigenvalue weighted by atomic mass is 9.83. The molecule has 0 aliphatic carbocycles. The zero-order chi connectivity index (χ0) is 22.2. The maximum absolute atomic E-state index is 12.0. The molecule has 0 saturated heterocycles. The van der Waals surface area contributed by atoms with Crippen LogP contribution in [0.1, 0.15) is 29.2 Å². The molecule has 0 bridgehead atoms. The van der Waals surface area contributed by atoms with Gasteiger partial charge in [0.1, 0.15) is 5.60 Å². The van der Waals surface area contributed by atoms with Crippen LogP contribution in [0.15, 0.2) is 121 Å². The summed E-state index contributed by atoms with van der Waals surface area (Å²) in [6.07, 6.45) is 0.752. The summed E-state index contributed by atoms with van der Waals surface area (Å²) in [5, 5.41) is 12.0. The Balaban J connectivity index is 1.75. The van der Waals surface area contributed by atoms with Gasteiger partial charge < -0.3 is 5.11 Å². The molecule has 2 nitrogen and oxygen atoms in total. The molecule has 1 N–H and O–H groups in total. The van der Waals surface area contributed by atoms with Gasteiger partial charge >= 0.3 is 0 Å². The average Bonchev–Trinajstić information content (AvgIpc) is 2.84. The first-order valence-electron chi connectivity index (χ1n) is 11.3. The van der Waals surface area contributed by atoms with Gasteiger partial charge in [-0.25, -0.2) is 0 Å². The van der Waals surface area contributed by atoms with Gasteiger partial charge in [0.05, 0.1) is 0 Å². The molecule has 0 aliphatic heterocycles. The van der Waals surface area contributed by atoms with Crippen molar-refractivity contribution in [3.05, 3.63) is 144 Å². The molecule has 0 aliphatic rings. The van der Waals surface area contributed by atoms with Gasteiger partial charge in [-0.3, -0.25) is 4.90 Å². The molecule has 0 unspecified atom stereocenters. The van der Waals surface area contributed by atoms with Crippen LogP contribution in [0.2, 0.25) is 0 Å². The summed E-state index contributed by atoms with van der Waals surface area (Å²) in [6, 6.07) is 41.5. The Bertz CT molecular complexity index is 1020. The third kappa shape index (κ3) is 5.53. The molecule has 162 valence electrons. The molecule has 2 atom stereocenters. The van der Waals surface area contributed by atoms with E-state index >= 15 is 0 Å². The summed E-state index contributed by atoms with van der Waals surface area (Å²) in [5.74, 6) is 0. The molecule has 0 saturated carbocycles. The fourth-order valence-corrected chi connectivity index (χ4v) is 4.40. The smallest absolute Gasteiger partial charge is 0.103 e. The molecule has 4 rings (SSSR count). The minimum atomic E-state index is -1.03. The van der Waals surface area contributed by atoms with Crippen molar-refractivity contribution >= 4 is 0 Å². The molecule has 0 fully saturated rings. The molecule has 0 heterocycles. The lowest BCUT2D eigenvalue weighted by Crippen LogP contribution is -2.50. The maximum Gasteiger partial charge on any atom is 0.103 e. The molecule has 0 radical (unpaired) electrons. The predicted octanol–water partition coefficient (Wildman–Crippen LogP) is 6.21. The van der Waals surface area contributed by atoms with Gasteiger partial charge in [0.25, 0.3) is 0 Å². The van der Waals surface area contributed by atoms with E-state index in [2.05, 4.69) is 77.7 Å². The monoisotopic (exact) mass is 421 g/mol. The first-order valence-corrected chi connectivity index (χ1v) is 11.3. The lowest BCUT2D eigenvalue weighted by Gasteiger charge is -2.42. The number of aliphatic hydroxyl groups is 1. The Labute approximate surface area is 191 Å². The number of hydrogen-bond donors (Lipinski definition) is 1. The van der Waals surface area contributed by atoms with Crippen molar-refractivity contribution in [3.8, 4) is 0 Å². The van der Waals surface area contributed by atoms with Crippen LogP contribution in [0, 0.1) is 0 Å². The first-order chi connectivity index (χ1) is 15.6. The summed E-state index contributed by atoms with van der Waals surface area (Å²) in [5.41, 5.74) is 3.61. The Kier molecular flexibility index (Phi) is 7.16. The zero-order valence-electron chi connectivity index (χ0n) is 18.6. The third-order valence-electron chi connectivity index (χ3n) is 6.18. The van der Waals surface area contributed by atoms with E-state index in [0.29, 0.717) is 0 Å². The van der Waals surface area contributed by atoms with Gasteiger partial charge in [0.2, 0.25) is 0 Å². The fraction of sp³-hybridized carbons (Fsp3) is 0.200. The first kappa shape index (κ1) is 22.0. The van der Waals surface area contributed by atoms with E-state index in [9.17, 15) is 5.11 Å². The Hall–Kier alpha value is -3.20. The molecule has 0 spiro atoms. The normalized spacial score (nSPS) is 14.1. The Morgan fingerprint density at radius 3 is 1.41 bits per heavy atom. The van der Waals surface area contributed by atoms with Crippen molar-refractivity contribution in [2.75, 3.05) is 0 Å². The predicted molar refractivity (Wildman–Crippen MR) is 132 cm³/mol. The Morgan fingerprint density at radius 1 is 0.594 bits per heavy atom. The van der Waals surface area contributed by atoms with Crippen LogP contribution in [-0.2, 0) is 25.1 Å². The highest BCUT2D eigenvalue weighted by Gasteiger charge is 2.38. The van der Waals surface area contributed by atoms with Gasteiger partial charge in [0.15, 0.2) is 0 Å². The third-order valence-corrected chi connectivity index (χ3v) is 6.18. The second-order valence-electron chi connectivity index (χ2n) is 8.60. The second kappa shape index (κ2) is 10.4. The SMILES string of the molecule is C[C@@](O)(c1ccccc1)[C@H](Cc1ccccc1)N(Cc1ccccc1)Cc1ccccc1. The topological polar surface area (TPSA) is 23.5 Å². The average molecular weight is 422 g/mol. The van der Waals surface area contributed by atoms with Gasteiger partial charge in [-0.2, -0.15) is 0 Å². The summed E-state index contributed by atoms with van der Waals surface area (Å²) >= 11 is 0. The fourth-order valence-electron chi connectivity index (χ4n) is 4.40. The van der Waals surface area contributed by atoms with Crippen molar-refractivity contribution in [1.82, 2.24) is 4.90 Å². The van der Waals surface area contributed by atoms with Crippen LogP contribution in [0.4, 0.5) is 0 Å². The molecule has 0 aromatic heterocycles. The van der Waals surface area contributed by atoms with Crippen molar-refractivity contribution in [3.63, 3.8) is 0 Å². The quantitative estimate of drug-likeness (QED) is 0.347. The van der Waals surface area contributed by atoms with E-state index in [0.717, 1.165) is 25.1 Å². The highest BCUT2D eigenvalue weighted by molar-refractivity contribution is 5.27. The van der Waals surface area contributed by atoms with Gasteiger partial charge in [-0.05, 0) is 35.6 Å². The minimum Gasteiger partial charge on any atom is -0.384 e. The summed E-state index contributed by atoms with van der Waals surface area (Å²) < 4.78 is 0. The highest BCUT2D eigenvalue weighted by atomic mass is 16.3. The molecule has 4 aromatic rings. The van der Waals surface area contributed by atoms with Crippen molar-refractivity contribution < 1.29 is 5.11 Å². The highest BCUT2D eigenvalue weighted by Crippen LogP contribution is 2.32. The molecule has 0 amide bonds. The maximum atomic E-state index is 12.0. The van der Waals surface area contributed by atoms with Crippen LogP contribution >= 0.6 is 0 Å². The molecule has 2 heteroatoms. The number of benzene rings is 4. The number of nitrogens with zero attached hydrogens (tertiary/aromatic N) is 1. The molecule has 32 heavy (non-hydrogen) atoms. The molecule has 4 aromatic carbocycles. The van der Waals surface area contributed by atoms with Crippen molar-refractivity contribution in [2.45, 2.75) is 38.1 Å². The van der Waals surface area contributed by atoms with Crippen LogP contribution in [-0.4, -0.2) is 16.0 Å². The molecular weight excluding hydrogens is 390 g/mol. The largest absolute Gasteiger partial charge is 0.384 e. The van der Waals surface area contributed by atoms with Crippen LogP contribution in [0.5, 0.6) is 0 Å². The minimum absolute atomic E-state index is 0.118. The summed E-state index contributed by atoms with van der Waals surface area (Å²) in [6.45, 7) is 3.48. The van der Waals surface area contributed by atoms with E-state index in [1.165, 1.54) is 16.7 Å². The van der Waals surface area contributed by atoms with Gasteiger partial charge in [-0.15, -0.1) is 0 Å². The van der Waals surface area contributed by atoms with E-state index in [1.54, 1.807) is 0 Å². The van der Waals surface area contributed by atoms with E-state index in [1.807, 2.05) is 55.5 Å². The van der Waals surface area contributed by atoms with Crippen molar-refractivity contribution in [2.24, 2.45) is 0 Å². The Morgan fingerprint density at radius 2 is 0.969 bits per heavy atom. The summed E-state index contributed by atoms with van der Waals surface area (Å²) in [4.78, 5) is 2.42. The summed E-state index contributed by atoms with van der Waals surface area (Å²) in [7, 11) is 0. The van der Waals surface area contributed by atoms with E-state index in [-0.39, 0.29) is 6.04 Å². The second-order valence-corrected chi connectivity index (χ2v) is 8.60. The van der Waals surface area contributed by atoms with Crippen LogP contribution < -0.4 is 0 Å². The van der Waals surface area contributed by atoms with E-state index < -0.39 is 5.60 Å². The van der Waals surface area contributed by atoms with Gasteiger partial charge in [-0.1, -0.05) is 121 Å². The van der Waals surface area contributed by atoms with Crippen LogP contribution in [0.25, 0.3) is 0 Å². The van der Waals surface area contributed by atoms with Gasteiger partial charge in [0, 0.05) is 19.1 Å². The van der Waals surface area contributed by atoms with E-state index in [4.69, 9.17) is 0 Å². The molecular formula is C30H31NO. The van der Waals surface area contributed by atoms with Crippen LogP contribution in [0.3, 0.4) is 0 Å². The number of rotatable bonds is 9.